The van der Waals surface area contributed by atoms with E-state index in [2.05, 4.69) is 12.2 Å². The maximum atomic E-state index is 11.4. The van der Waals surface area contributed by atoms with E-state index in [1.807, 2.05) is 12.2 Å². The Labute approximate surface area is 91.9 Å². The van der Waals surface area contributed by atoms with Crippen LogP contribution in [-0.4, -0.2) is 25.2 Å². The van der Waals surface area contributed by atoms with Crippen molar-refractivity contribution in [3.8, 4) is 0 Å². The summed E-state index contributed by atoms with van der Waals surface area (Å²) in [5, 5.41) is 2.92. The largest absolute Gasteiger partial charge is 0.370 e. The molecule has 0 radical (unpaired) electrons. The molecule has 0 spiro atoms. The molecule has 0 aromatic rings. The Balaban J connectivity index is 1.96. The van der Waals surface area contributed by atoms with E-state index in [1.54, 1.807) is 0 Å². The van der Waals surface area contributed by atoms with Gasteiger partial charge in [-0.2, -0.15) is 0 Å². The highest BCUT2D eigenvalue weighted by Crippen LogP contribution is 2.07. The van der Waals surface area contributed by atoms with Gasteiger partial charge in [-0.05, 0) is 6.42 Å². The number of unbranched alkanes of at least 4 members (excludes halogenated alkanes) is 3. The van der Waals surface area contributed by atoms with E-state index in [4.69, 9.17) is 4.74 Å². The number of carbonyl (C=O) groups excluding carboxylic acids is 1. The van der Waals surface area contributed by atoms with E-state index in [0.717, 1.165) is 13.0 Å². The summed E-state index contributed by atoms with van der Waals surface area (Å²) in [7, 11) is 0. The minimum absolute atomic E-state index is 0.000594. The molecule has 0 aromatic heterocycles. The summed E-state index contributed by atoms with van der Waals surface area (Å²) in [6, 6.07) is 0. The summed E-state index contributed by atoms with van der Waals surface area (Å²) in [6.45, 7) is 3.63. The van der Waals surface area contributed by atoms with Crippen LogP contribution in [0, 0.1) is 0 Å². The molecule has 1 aliphatic rings. The summed E-state index contributed by atoms with van der Waals surface area (Å²) in [4.78, 5) is 11.4. The second-order valence-corrected chi connectivity index (χ2v) is 3.91. The smallest absolute Gasteiger partial charge is 0.222 e. The fraction of sp³-hybridized carbons (Fsp3) is 0.750. The zero-order valence-corrected chi connectivity index (χ0v) is 9.50. The van der Waals surface area contributed by atoms with Crippen molar-refractivity contribution >= 4 is 5.91 Å². The first-order chi connectivity index (χ1) is 7.33. The van der Waals surface area contributed by atoms with Crippen LogP contribution in [-0.2, 0) is 9.53 Å². The average molecular weight is 211 g/mol. The topological polar surface area (TPSA) is 38.3 Å². The van der Waals surface area contributed by atoms with Crippen molar-refractivity contribution in [1.29, 1.82) is 0 Å². The molecule has 0 bridgehead atoms. The minimum Gasteiger partial charge on any atom is -0.370 e. The third kappa shape index (κ3) is 5.57. The number of hydrogen-bond acceptors (Lipinski definition) is 2. The zero-order valence-electron chi connectivity index (χ0n) is 9.50. The molecule has 1 rings (SSSR count). The van der Waals surface area contributed by atoms with Gasteiger partial charge in [0.05, 0.1) is 19.1 Å². The van der Waals surface area contributed by atoms with E-state index < -0.39 is 0 Å². The molecule has 0 saturated carbocycles. The molecule has 1 N–H and O–H groups in total. The normalized spacial score (nSPS) is 19.4. The van der Waals surface area contributed by atoms with Crippen LogP contribution in [0.4, 0.5) is 0 Å². The lowest BCUT2D eigenvalue weighted by Crippen LogP contribution is -2.27. The number of amides is 1. The Morgan fingerprint density at radius 1 is 1.47 bits per heavy atom. The summed E-state index contributed by atoms with van der Waals surface area (Å²) in [5.41, 5.74) is 0. The SMILES string of the molecule is CCCCCCNC(=O)CC1C=CCO1. The van der Waals surface area contributed by atoms with E-state index in [0.29, 0.717) is 13.0 Å². The van der Waals surface area contributed by atoms with Crippen LogP contribution in [0.1, 0.15) is 39.0 Å². The molecule has 1 unspecified atom stereocenters. The Hall–Kier alpha value is -0.830. The summed E-state index contributed by atoms with van der Waals surface area (Å²) >= 11 is 0. The summed E-state index contributed by atoms with van der Waals surface area (Å²) in [6.07, 6.45) is 9.15. The van der Waals surface area contributed by atoms with Crippen LogP contribution in [0.15, 0.2) is 12.2 Å². The van der Waals surface area contributed by atoms with Crippen molar-refractivity contribution in [2.75, 3.05) is 13.2 Å². The van der Waals surface area contributed by atoms with Crippen LogP contribution in [0.25, 0.3) is 0 Å². The first kappa shape index (κ1) is 12.2. The lowest BCUT2D eigenvalue weighted by Gasteiger charge is -2.08. The molecule has 1 amide bonds. The quantitative estimate of drug-likeness (QED) is 0.517. The third-order valence-electron chi connectivity index (χ3n) is 2.50. The van der Waals surface area contributed by atoms with E-state index in [1.165, 1.54) is 19.3 Å². The van der Waals surface area contributed by atoms with Gasteiger partial charge in [0, 0.05) is 6.54 Å². The Kier molecular flexibility index (Phi) is 6.09. The standard InChI is InChI=1S/C12H21NO2/c1-2-3-4-5-8-13-12(14)10-11-7-6-9-15-11/h6-7,11H,2-5,8-10H2,1H3,(H,13,14). The predicted molar refractivity (Wildman–Crippen MR) is 60.6 cm³/mol. The first-order valence-electron chi connectivity index (χ1n) is 5.88. The zero-order chi connectivity index (χ0) is 10.9. The predicted octanol–water partition coefficient (Wildman–Crippen LogP) is 2.03. The summed E-state index contributed by atoms with van der Waals surface area (Å²) in [5.74, 6) is 0.100. The number of nitrogens with one attached hydrogen (secondary N) is 1. The minimum atomic E-state index is 0.000594. The lowest BCUT2D eigenvalue weighted by atomic mass is 10.2. The van der Waals surface area contributed by atoms with Crippen molar-refractivity contribution in [2.45, 2.75) is 45.1 Å². The Bertz CT molecular complexity index is 214. The first-order valence-corrected chi connectivity index (χ1v) is 5.88. The Morgan fingerprint density at radius 2 is 2.33 bits per heavy atom. The van der Waals surface area contributed by atoms with Crippen molar-refractivity contribution in [3.05, 3.63) is 12.2 Å². The highest BCUT2D eigenvalue weighted by atomic mass is 16.5. The molecule has 3 heteroatoms. The van der Waals surface area contributed by atoms with Gasteiger partial charge in [0.25, 0.3) is 0 Å². The molecule has 15 heavy (non-hydrogen) atoms. The second-order valence-electron chi connectivity index (χ2n) is 3.91. The maximum Gasteiger partial charge on any atom is 0.222 e. The number of rotatable bonds is 7. The van der Waals surface area contributed by atoms with Gasteiger partial charge in [0.1, 0.15) is 0 Å². The molecular weight excluding hydrogens is 190 g/mol. The van der Waals surface area contributed by atoms with Gasteiger partial charge >= 0.3 is 0 Å². The molecule has 1 atom stereocenters. The Morgan fingerprint density at radius 3 is 3.00 bits per heavy atom. The molecule has 86 valence electrons. The number of carbonyl (C=O) groups is 1. The number of hydrogen-bond donors (Lipinski definition) is 1. The van der Waals surface area contributed by atoms with Crippen molar-refractivity contribution in [2.24, 2.45) is 0 Å². The monoisotopic (exact) mass is 211 g/mol. The molecule has 1 aliphatic heterocycles. The van der Waals surface area contributed by atoms with Crippen LogP contribution in [0.3, 0.4) is 0 Å². The van der Waals surface area contributed by atoms with Gasteiger partial charge in [-0.3, -0.25) is 4.79 Å². The lowest BCUT2D eigenvalue weighted by molar-refractivity contribution is -0.122. The average Bonchev–Trinajstić information content (AvgIpc) is 2.70. The van der Waals surface area contributed by atoms with Gasteiger partial charge in [-0.25, -0.2) is 0 Å². The second kappa shape index (κ2) is 7.46. The summed E-state index contributed by atoms with van der Waals surface area (Å²) < 4.78 is 5.30. The van der Waals surface area contributed by atoms with Crippen molar-refractivity contribution in [3.63, 3.8) is 0 Å². The van der Waals surface area contributed by atoms with E-state index in [-0.39, 0.29) is 12.0 Å². The molecule has 3 nitrogen and oxygen atoms in total. The molecule has 0 aliphatic carbocycles. The van der Waals surface area contributed by atoms with Crippen LogP contribution >= 0.6 is 0 Å². The van der Waals surface area contributed by atoms with Crippen LogP contribution in [0.2, 0.25) is 0 Å². The van der Waals surface area contributed by atoms with Crippen molar-refractivity contribution < 1.29 is 9.53 Å². The highest BCUT2D eigenvalue weighted by molar-refractivity contribution is 5.76. The van der Waals surface area contributed by atoms with E-state index >= 15 is 0 Å². The fourth-order valence-electron chi connectivity index (χ4n) is 1.60. The van der Waals surface area contributed by atoms with Gasteiger partial charge in [-0.1, -0.05) is 38.3 Å². The van der Waals surface area contributed by atoms with E-state index in [9.17, 15) is 4.79 Å². The number of ether oxygens (including phenoxy) is 1. The molecule has 0 aromatic carbocycles. The molecule has 0 fully saturated rings. The fourth-order valence-corrected chi connectivity index (χ4v) is 1.60. The van der Waals surface area contributed by atoms with Gasteiger partial charge in [0.15, 0.2) is 0 Å². The van der Waals surface area contributed by atoms with Crippen molar-refractivity contribution in [1.82, 2.24) is 5.32 Å². The van der Waals surface area contributed by atoms with Crippen LogP contribution in [0.5, 0.6) is 0 Å². The van der Waals surface area contributed by atoms with Gasteiger partial charge in [0.2, 0.25) is 5.91 Å². The third-order valence-corrected chi connectivity index (χ3v) is 2.50. The van der Waals surface area contributed by atoms with Gasteiger partial charge < -0.3 is 10.1 Å². The van der Waals surface area contributed by atoms with Crippen LogP contribution < -0.4 is 5.32 Å². The molecule has 1 heterocycles. The van der Waals surface area contributed by atoms with Gasteiger partial charge in [-0.15, -0.1) is 0 Å². The maximum absolute atomic E-state index is 11.4. The highest BCUT2D eigenvalue weighted by Gasteiger charge is 2.13. The molecule has 0 saturated heterocycles. The molecular formula is C12H21NO2.